The predicted octanol–water partition coefficient (Wildman–Crippen LogP) is 2.28. The van der Waals surface area contributed by atoms with Crippen molar-refractivity contribution in [3.8, 4) is 0 Å². The lowest BCUT2D eigenvalue weighted by molar-refractivity contribution is 1.02. The Hall–Kier alpha value is -1.08. The Labute approximate surface area is 79.3 Å². The number of fused-ring (bicyclic) bond motifs is 1. The first-order chi connectivity index (χ1) is 6.33. The number of benzene rings is 1. The molecule has 0 aliphatic heterocycles. The summed E-state index contributed by atoms with van der Waals surface area (Å²) in [7, 11) is 0. The third kappa shape index (κ3) is 1.40. The third-order valence-electron chi connectivity index (χ3n) is 2.66. The minimum Gasteiger partial charge on any atom is -0.330 e. The van der Waals surface area contributed by atoms with E-state index >= 15 is 0 Å². The van der Waals surface area contributed by atoms with E-state index in [1.54, 1.807) is 0 Å². The van der Waals surface area contributed by atoms with Crippen molar-refractivity contribution in [1.29, 1.82) is 0 Å². The van der Waals surface area contributed by atoms with Crippen molar-refractivity contribution in [2.45, 2.75) is 19.8 Å². The molecule has 1 aliphatic rings. The molecule has 0 radical (unpaired) electrons. The molecule has 0 saturated heterocycles. The highest BCUT2D eigenvalue weighted by Crippen LogP contribution is 2.31. The van der Waals surface area contributed by atoms with Crippen LogP contribution in [0.5, 0.6) is 0 Å². The quantitative estimate of drug-likeness (QED) is 0.729. The Bertz CT molecular complexity index is 350. The lowest BCUT2D eigenvalue weighted by Crippen LogP contribution is -2.00. The molecule has 1 nitrogen and oxygen atoms in total. The van der Waals surface area contributed by atoms with Crippen molar-refractivity contribution in [1.82, 2.24) is 0 Å². The van der Waals surface area contributed by atoms with E-state index in [1.807, 2.05) is 0 Å². The smallest absolute Gasteiger partial charge is 0.00366 e. The fraction of sp³-hybridized carbons (Fsp3) is 0.333. The second-order valence-electron chi connectivity index (χ2n) is 3.58. The lowest BCUT2D eigenvalue weighted by atomic mass is 9.98. The number of hydrogen-bond acceptors (Lipinski definition) is 1. The van der Waals surface area contributed by atoms with E-state index in [9.17, 15) is 0 Å². The largest absolute Gasteiger partial charge is 0.330 e. The second kappa shape index (κ2) is 3.35. The van der Waals surface area contributed by atoms with E-state index in [-0.39, 0.29) is 0 Å². The van der Waals surface area contributed by atoms with Crippen LogP contribution in [0.3, 0.4) is 0 Å². The number of nitrogens with two attached hydrogens (primary N) is 1. The van der Waals surface area contributed by atoms with Gasteiger partial charge in [-0.3, -0.25) is 0 Å². The Kier molecular flexibility index (Phi) is 2.19. The van der Waals surface area contributed by atoms with Gasteiger partial charge >= 0.3 is 0 Å². The summed E-state index contributed by atoms with van der Waals surface area (Å²) in [5, 5.41) is 0. The third-order valence-corrected chi connectivity index (χ3v) is 2.66. The van der Waals surface area contributed by atoms with Crippen LogP contribution in [0.25, 0.3) is 5.57 Å². The van der Waals surface area contributed by atoms with Gasteiger partial charge in [0.05, 0.1) is 0 Å². The summed E-state index contributed by atoms with van der Waals surface area (Å²) in [4.78, 5) is 0. The van der Waals surface area contributed by atoms with Crippen LogP contribution in [0.1, 0.15) is 23.1 Å². The molecule has 1 aromatic carbocycles. The van der Waals surface area contributed by atoms with Crippen molar-refractivity contribution >= 4 is 5.57 Å². The molecule has 0 bridgehead atoms. The SMILES string of the molecule is Cc1cccc2c1C(CCN)=CC2. The normalized spacial score (nSPS) is 14.2. The van der Waals surface area contributed by atoms with Crippen molar-refractivity contribution in [2.75, 3.05) is 6.54 Å². The predicted molar refractivity (Wildman–Crippen MR) is 56.5 cm³/mol. The molecule has 2 rings (SSSR count). The van der Waals surface area contributed by atoms with Crippen molar-refractivity contribution < 1.29 is 0 Å². The van der Waals surface area contributed by atoms with Crippen molar-refractivity contribution in [2.24, 2.45) is 5.73 Å². The molecular formula is C12H15N. The first-order valence-electron chi connectivity index (χ1n) is 4.81. The molecule has 2 N–H and O–H groups in total. The van der Waals surface area contributed by atoms with Crippen LogP contribution in [-0.2, 0) is 6.42 Å². The summed E-state index contributed by atoms with van der Waals surface area (Å²) in [5.41, 5.74) is 11.3. The first-order valence-corrected chi connectivity index (χ1v) is 4.81. The van der Waals surface area contributed by atoms with Gasteiger partial charge in [-0.15, -0.1) is 0 Å². The van der Waals surface area contributed by atoms with Crippen molar-refractivity contribution in [3.05, 3.63) is 41.0 Å². The number of rotatable bonds is 2. The minimum absolute atomic E-state index is 0.750. The Morgan fingerprint density at radius 2 is 2.23 bits per heavy atom. The van der Waals surface area contributed by atoms with E-state index in [0.717, 1.165) is 19.4 Å². The van der Waals surface area contributed by atoms with Crippen LogP contribution >= 0.6 is 0 Å². The number of hydrogen-bond donors (Lipinski definition) is 1. The molecule has 0 spiro atoms. The molecule has 1 heteroatoms. The molecule has 0 unspecified atom stereocenters. The highest BCUT2D eigenvalue weighted by atomic mass is 14.5. The lowest BCUT2D eigenvalue weighted by Gasteiger charge is -2.07. The minimum atomic E-state index is 0.750. The molecule has 0 amide bonds. The van der Waals surface area contributed by atoms with Crippen LogP contribution < -0.4 is 5.73 Å². The molecule has 0 fully saturated rings. The molecule has 1 aromatic rings. The van der Waals surface area contributed by atoms with Crippen LogP contribution in [0.15, 0.2) is 24.3 Å². The maximum Gasteiger partial charge on any atom is -0.00366 e. The monoisotopic (exact) mass is 173 g/mol. The maximum atomic E-state index is 5.57. The molecule has 0 saturated carbocycles. The van der Waals surface area contributed by atoms with E-state index in [0.29, 0.717) is 0 Å². The van der Waals surface area contributed by atoms with Gasteiger partial charge in [0.15, 0.2) is 0 Å². The molecule has 68 valence electrons. The molecule has 0 heterocycles. The fourth-order valence-electron chi connectivity index (χ4n) is 2.08. The molecule has 1 aliphatic carbocycles. The van der Waals surface area contributed by atoms with Gasteiger partial charge in [-0.25, -0.2) is 0 Å². The maximum absolute atomic E-state index is 5.57. The summed E-state index contributed by atoms with van der Waals surface area (Å²) in [6.45, 7) is 2.92. The summed E-state index contributed by atoms with van der Waals surface area (Å²) < 4.78 is 0. The fourth-order valence-corrected chi connectivity index (χ4v) is 2.08. The molecule has 13 heavy (non-hydrogen) atoms. The van der Waals surface area contributed by atoms with Gasteiger partial charge in [0.25, 0.3) is 0 Å². The summed E-state index contributed by atoms with van der Waals surface area (Å²) in [5.74, 6) is 0. The van der Waals surface area contributed by atoms with E-state index in [1.165, 1.54) is 22.3 Å². The summed E-state index contributed by atoms with van der Waals surface area (Å²) in [6, 6.07) is 6.52. The van der Waals surface area contributed by atoms with Gasteiger partial charge in [0.2, 0.25) is 0 Å². The standard InChI is InChI=1S/C12H15N/c1-9-3-2-4-10-5-6-11(7-8-13)12(9)10/h2-4,6H,5,7-8,13H2,1H3. The number of allylic oxidation sites excluding steroid dienone is 1. The average Bonchev–Trinajstić information content (AvgIpc) is 2.51. The van der Waals surface area contributed by atoms with Gasteiger partial charge < -0.3 is 5.73 Å². The Morgan fingerprint density at radius 3 is 3.00 bits per heavy atom. The van der Waals surface area contributed by atoms with Gasteiger partial charge in [-0.2, -0.15) is 0 Å². The van der Waals surface area contributed by atoms with Gasteiger partial charge in [0, 0.05) is 0 Å². The van der Waals surface area contributed by atoms with Crippen LogP contribution in [0.2, 0.25) is 0 Å². The Morgan fingerprint density at radius 1 is 1.38 bits per heavy atom. The van der Waals surface area contributed by atoms with Gasteiger partial charge in [-0.1, -0.05) is 24.3 Å². The summed E-state index contributed by atoms with van der Waals surface area (Å²) >= 11 is 0. The summed E-state index contributed by atoms with van der Waals surface area (Å²) in [6.07, 6.45) is 4.41. The molecular weight excluding hydrogens is 158 g/mol. The van der Waals surface area contributed by atoms with Gasteiger partial charge in [0.1, 0.15) is 0 Å². The zero-order chi connectivity index (χ0) is 9.26. The molecule has 0 atom stereocenters. The van der Waals surface area contributed by atoms with Crippen LogP contribution in [0.4, 0.5) is 0 Å². The number of aryl methyl sites for hydroxylation is 1. The van der Waals surface area contributed by atoms with E-state index in [4.69, 9.17) is 5.73 Å². The van der Waals surface area contributed by atoms with Gasteiger partial charge in [-0.05, 0) is 48.6 Å². The zero-order valence-corrected chi connectivity index (χ0v) is 8.01. The highest BCUT2D eigenvalue weighted by Gasteiger charge is 2.14. The van der Waals surface area contributed by atoms with Crippen LogP contribution in [0, 0.1) is 6.92 Å². The Balaban J connectivity index is 2.42. The zero-order valence-electron chi connectivity index (χ0n) is 8.01. The van der Waals surface area contributed by atoms with E-state index in [2.05, 4.69) is 31.2 Å². The van der Waals surface area contributed by atoms with Crippen LogP contribution in [-0.4, -0.2) is 6.54 Å². The van der Waals surface area contributed by atoms with Crippen molar-refractivity contribution in [3.63, 3.8) is 0 Å². The second-order valence-corrected chi connectivity index (χ2v) is 3.58. The topological polar surface area (TPSA) is 26.0 Å². The van der Waals surface area contributed by atoms with E-state index < -0.39 is 0 Å². The first kappa shape index (κ1) is 8.52. The molecule has 0 aromatic heterocycles. The highest BCUT2D eigenvalue weighted by molar-refractivity contribution is 5.75. The average molecular weight is 173 g/mol.